The average molecular weight is 405 g/mol. The van der Waals surface area contributed by atoms with E-state index in [1.165, 1.54) is 6.92 Å². The third kappa shape index (κ3) is 6.12. The number of aliphatic hydroxyl groups is 1. The molecule has 0 spiro atoms. The van der Waals surface area contributed by atoms with Gasteiger partial charge in [0.2, 0.25) is 5.91 Å². The van der Waals surface area contributed by atoms with E-state index in [0.29, 0.717) is 23.0 Å². The van der Waals surface area contributed by atoms with Crippen LogP contribution < -0.4 is 14.8 Å². The lowest BCUT2D eigenvalue weighted by Gasteiger charge is -2.21. The molecular formula is C21H25ClN2O4. The second-order valence-corrected chi connectivity index (χ2v) is 7.32. The number of benzene rings is 2. The van der Waals surface area contributed by atoms with E-state index in [-0.39, 0.29) is 18.6 Å². The van der Waals surface area contributed by atoms with Crippen molar-refractivity contribution in [2.24, 2.45) is 0 Å². The quantitative estimate of drug-likeness (QED) is 0.707. The number of carbonyl (C=O) groups is 1. The van der Waals surface area contributed by atoms with Crippen LogP contribution in [-0.4, -0.2) is 54.4 Å². The largest absolute Gasteiger partial charge is 0.489 e. The fraction of sp³-hybridized carbons (Fsp3) is 0.381. The zero-order valence-corrected chi connectivity index (χ0v) is 16.6. The monoisotopic (exact) mass is 404 g/mol. The van der Waals surface area contributed by atoms with Gasteiger partial charge in [0.05, 0.1) is 5.69 Å². The number of carbonyl (C=O) groups excluding carboxylic acids is 1. The van der Waals surface area contributed by atoms with Crippen molar-refractivity contribution in [1.29, 1.82) is 0 Å². The number of nitrogens with zero attached hydrogens (tertiary/aromatic N) is 1. The van der Waals surface area contributed by atoms with Crippen LogP contribution in [0.15, 0.2) is 48.5 Å². The van der Waals surface area contributed by atoms with Crippen molar-refractivity contribution >= 4 is 23.2 Å². The summed E-state index contributed by atoms with van der Waals surface area (Å²) in [7, 11) is 0. The van der Waals surface area contributed by atoms with E-state index < -0.39 is 6.10 Å². The summed E-state index contributed by atoms with van der Waals surface area (Å²) in [6.45, 7) is 3.71. The zero-order valence-electron chi connectivity index (χ0n) is 15.8. The highest BCUT2D eigenvalue weighted by molar-refractivity contribution is 6.30. The van der Waals surface area contributed by atoms with E-state index in [2.05, 4.69) is 10.2 Å². The van der Waals surface area contributed by atoms with Crippen molar-refractivity contribution in [3.63, 3.8) is 0 Å². The van der Waals surface area contributed by atoms with Gasteiger partial charge in [-0.1, -0.05) is 23.7 Å². The first-order chi connectivity index (χ1) is 13.5. The molecule has 1 fully saturated rings. The number of aliphatic hydroxyl groups excluding tert-OH is 1. The van der Waals surface area contributed by atoms with E-state index in [9.17, 15) is 9.90 Å². The fourth-order valence-corrected chi connectivity index (χ4v) is 3.31. The molecule has 1 aliphatic heterocycles. The molecule has 0 aliphatic carbocycles. The normalized spacial score (nSPS) is 17.9. The lowest BCUT2D eigenvalue weighted by atomic mass is 10.3. The topological polar surface area (TPSA) is 71.0 Å². The van der Waals surface area contributed by atoms with Gasteiger partial charge in [0, 0.05) is 31.6 Å². The minimum absolute atomic E-state index is 0.0924. The number of rotatable bonds is 8. The molecule has 0 aromatic heterocycles. The molecule has 2 aromatic carbocycles. The third-order valence-electron chi connectivity index (χ3n) is 4.44. The maximum atomic E-state index is 11.3. The second kappa shape index (κ2) is 9.78. The number of hydrogen-bond acceptors (Lipinski definition) is 5. The van der Waals surface area contributed by atoms with Gasteiger partial charge in [-0.3, -0.25) is 9.69 Å². The van der Waals surface area contributed by atoms with Crippen molar-refractivity contribution in [2.45, 2.75) is 25.6 Å². The van der Waals surface area contributed by atoms with Gasteiger partial charge in [0.1, 0.15) is 30.3 Å². The van der Waals surface area contributed by atoms with Crippen LogP contribution in [0.3, 0.4) is 0 Å². The second-order valence-electron chi connectivity index (χ2n) is 6.88. The van der Waals surface area contributed by atoms with Crippen molar-refractivity contribution in [1.82, 2.24) is 4.90 Å². The summed E-state index contributed by atoms with van der Waals surface area (Å²) >= 11 is 5.89. The van der Waals surface area contributed by atoms with Crippen molar-refractivity contribution in [3.05, 3.63) is 53.6 Å². The van der Waals surface area contributed by atoms with E-state index >= 15 is 0 Å². The smallest absolute Gasteiger partial charge is 0.221 e. The molecule has 3 rings (SSSR count). The predicted molar refractivity (Wildman–Crippen MR) is 109 cm³/mol. The van der Waals surface area contributed by atoms with Gasteiger partial charge in [-0.15, -0.1) is 0 Å². The lowest BCUT2D eigenvalue weighted by molar-refractivity contribution is -0.114. The number of para-hydroxylation sites is 2. The summed E-state index contributed by atoms with van der Waals surface area (Å²) < 4.78 is 11.7. The maximum Gasteiger partial charge on any atom is 0.221 e. The summed E-state index contributed by atoms with van der Waals surface area (Å²) in [5.74, 6) is 1.18. The molecule has 1 aliphatic rings. The Morgan fingerprint density at radius 2 is 2.04 bits per heavy atom. The molecule has 0 bridgehead atoms. The molecule has 1 amide bonds. The molecule has 1 saturated heterocycles. The van der Waals surface area contributed by atoms with Gasteiger partial charge in [0.25, 0.3) is 0 Å². The highest BCUT2D eigenvalue weighted by Crippen LogP contribution is 2.24. The Bertz CT molecular complexity index is 784. The molecule has 150 valence electrons. The standard InChI is InChI=1S/C21H25ClN2O4/c1-15(25)23-20-4-2-3-5-21(20)27-14-17(26)12-24-11-10-19(13-24)28-18-8-6-16(22)7-9-18/h2-9,17,19,26H,10-14H2,1H3,(H,23,25). The Kier molecular flexibility index (Phi) is 7.14. The van der Waals surface area contributed by atoms with Gasteiger partial charge < -0.3 is 19.9 Å². The summed E-state index contributed by atoms with van der Waals surface area (Å²) in [5, 5.41) is 13.7. The van der Waals surface area contributed by atoms with E-state index in [1.807, 2.05) is 36.4 Å². The van der Waals surface area contributed by atoms with Crippen LogP contribution in [0, 0.1) is 0 Å². The van der Waals surface area contributed by atoms with Crippen LogP contribution >= 0.6 is 11.6 Å². The number of ether oxygens (including phenoxy) is 2. The molecule has 1 heterocycles. The molecule has 7 heteroatoms. The first-order valence-corrected chi connectivity index (χ1v) is 9.69. The molecule has 6 nitrogen and oxygen atoms in total. The predicted octanol–water partition coefficient (Wildman–Crippen LogP) is 3.19. The van der Waals surface area contributed by atoms with Crippen LogP contribution in [0.2, 0.25) is 5.02 Å². The zero-order chi connectivity index (χ0) is 19.9. The maximum absolute atomic E-state index is 11.3. The number of halogens is 1. The Morgan fingerprint density at radius 3 is 2.79 bits per heavy atom. The van der Waals surface area contributed by atoms with Crippen molar-refractivity contribution in [2.75, 3.05) is 31.6 Å². The van der Waals surface area contributed by atoms with Gasteiger partial charge in [0.15, 0.2) is 0 Å². The Labute approximate surface area is 170 Å². The number of likely N-dealkylation sites (tertiary alicyclic amines) is 1. The Balaban J connectivity index is 1.44. The van der Waals surface area contributed by atoms with Crippen molar-refractivity contribution < 1.29 is 19.4 Å². The highest BCUT2D eigenvalue weighted by atomic mass is 35.5. The van der Waals surface area contributed by atoms with E-state index in [0.717, 1.165) is 25.3 Å². The van der Waals surface area contributed by atoms with E-state index in [1.54, 1.807) is 12.1 Å². The minimum Gasteiger partial charge on any atom is -0.489 e. The number of nitrogens with one attached hydrogen (secondary N) is 1. The van der Waals surface area contributed by atoms with Gasteiger partial charge in [-0.2, -0.15) is 0 Å². The fourth-order valence-electron chi connectivity index (χ4n) is 3.19. The number of hydrogen-bond donors (Lipinski definition) is 2. The summed E-state index contributed by atoms with van der Waals surface area (Å²) in [5.41, 5.74) is 0.597. The molecule has 2 N–H and O–H groups in total. The lowest BCUT2D eigenvalue weighted by Crippen LogP contribution is -2.35. The highest BCUT2D eigenvalue weighted by Gasteiger charge is 2.25. The number of amides is 1. The summed E-state index contributed by atoms with van der Waals surface area (Å²) in [4.78, 5) is 13.4. The number of β-amino-alcohol motifs (C(OH)–C–C–N with tert-alkyl or cyclic N) is 1. The molecular weight excluding hydrogens is 380 g/mol. The van der Waals surface area contributed by atoms with Gasteiger partial charge in [-0.25, -0.2) is 0 Å². The summed E-state index contributed by atoms with van der Waals surface area (Å²) in [6.07, 6.45) is 0.358. The molecule has 0 radical (unpaired) electrons. The van der Waals surface area contributed by atoms with Crippen LogP contribution in [0.1, 0.15) is 13.3 Å². The van der Waals surface area contributed by atoms with Gasteiger partial charge in [-0.05, 0) is 42.8 Å². The average Bonchev–Trinajstić information content (AvgIpc) is 3.09. The molecule has 2 aromatic rings. The van der Waals surface area contributed by atoms with Crippen LogP contribution in [0.4, 0.5) is 5.69 Å². The van der Waals surface area contributed by atoms with Crippen LogP contribution in [0.25, 0.3) is 0 Å². The molecule has 28 heavy (non-hydrogen) atoms. The Morgan fingerprint density at radius 1 is 1.29 bits per heavy atom. The summed E-state index contributed by atoms with van der Waals surface area (Å²) in [6, 6.07) is 14.5. The SMILES string of the molecule is CC(=O)Nc1ccccc1OCC(O)CN1CCC(Oc2ccc(Cl)cc2)C1. The first-order valence-electron chi connectivity index (χ1n) is 9.31. The van der Waals surface area contributed by atoms with Crippen LogP contribution in [0.5, 0.6) is 11.5 Å². The third-order valence-corrected chi connectivity index (χ3v) is 4.70. The molecule has 2 unspecified atom stereocenters. The van der Waals surface area contributed by atoms with Crippen molar-refractivity contribution in [3.8, 4) is 11.5 Å². The first kappa shape index (κ1) is 20.5. The van der Waals surface area contributed by atoms with Gasteiger partial charge >= 0.3 is 0 Å². The van der Waals surface area contributed by atoms with E-state index in [4.69, 9.17) is 21.1 Å². The number of anilines is 1. The molecule has 0 saturated carbocycles. The molecule has 2 atom stereocenters. The van der Waals surface area contributed by atoms with Crippen LogP contribution in [-0.2, 0) is 4.79 Å². The Hall–Kier alpha value is -2.28. The minimum atomic E-state index is -0.639.